The molecule has 1 aromatic carbocycles. The van der Waals surface area contributed by atoms with Crippen molar-refractivity contribution in [3.8, 4) is 0 Å². The van der Waals surface area contributed by atoms with Gasteiger partial charge in [-0.05, 0) is 68.7 Å². The predicted molar refractivity (Wildman–Crippen MR) is 99.5 cm³/mol. The van der Waals surface area contributed by atoms with Gasteiger partial charge in [0, 0.05) is 37.7 Å². The van der Waals surface area contributed by atoms with Crippen LogP contribution in [0.4, 0.5) is 0 Å². The van der Waals surface area contributed by atoms with Crippen LogP contribution in [0.1, 0.15) is 54.1 Å². The summed E-state index contributed by atoms with van der Waals surface area (Å²) in [5.74, 6) is 1.11. The molecular formula is C21H30N2O2. The number of benzene rings is 1. The zero-order chi connectivity index (χ0) is 18.0. The van der Waals surface area contributed by atoms with Crippen molar-refractivity contribution in [2.45, 2.75) is 46.5 Å². The topological polar surface area (TPSA) is 40.6 Å². The van der Waals surface area contributed by atoms with Crippen molar-refractivity contribution in [1.82, 2.24) is 9.80 Å². The molecule has 2 amide bonds. The Hall–Kier alpha value is -1.84. The molecule has 0 bridgehead atoms. The molecule has 0 saturated carbocycles. The van der Waals surface area contributed by atoms with Crippen LogP contribution in [0.15, 0.2) is 18.2 Å². The van der Waals surface area contributed by atoms with Gasteiger partial charge in [0.1, 0.15) is 0 Å². The maximum atomic E-state index is 12.7. The summed E-state index contributed by atoms with van der Waals surface area (Å²) in [6.45, 7) is 9.51. The first-order chi connectivity index (χ1) is 12.0. The highest BCUT2D eigenvalue weighted by molar-refractivity contribution is 5.94. The van der Waals surface area contributed by atoms with E-state index in [4.69, 9.17) is 0 Å². The van der Waals surface area contributed by atoms with Gasteiger partial charge in [-0.3, -0.25) is 9.59 Å². The average molecular weight is 342 g/mol. The van der Waals surface area contributed by atoms with Gasteiger partial charge < -0.3 is 9.80 Å². The molecule has 2 heterocycles. The molecule has 0 N–H and O–H groups in total. The minimum Gasteiger partial charge on any atom is -0.342 e. The molecule has 2 aliphatic heterocycles. The number of nitrogens with zero attached hydrogens (tertiary/aromatic N) is 2. The lowest BCUT2D eigenvalue weighted by atomic mass is 9.92. The number of hydrogen-bond acceptors (Lipinski definition) is 2. The maximum Gasteiger partial charge on any atom is 0.253 e. The fraction of sp³-hybridized carbons (Fsp3) is 0.619. The van der Waals surface area contributed by atoms with E-state index in [1.54, 1.807) is 0 Å². The number of aryl methyl sites for hydroxylation is 2. The monoisotopic (exact) mass is 342 g/mol. The highest BCUT2D eigenvalue weighted by Crippen LogP contribution is 2.24. The number of rotatable bonds is 2. The van der Waals surface area contributed by atoms with Gasteiger partial charge in [-0.2, -0.15) is 0 Å². The molecule has 4 heteroatoms. The van der Waals surface area contributed by atoms with Crippen molar-refractivity contribution < 1.29 is 9.59 Å². The van der Waals surface area contributed by atoms with E-state index in [2.05, 4.69) is 18.7 Å². The van der Waals surface area contributed by atoms with Crippen LogP contribution in [0.5, 0.6) is 0 Å². The second kappa shape index (κ2) is 7.59. The summed E-state index contributed by atoms with van der Waals surface area (Å²) >= 11 is 0. The number of piperidine rings is 2. The van der Waals surface area contributed by atoms with Crippen LogP contribution >= 0.6 is 0 Å². The SMILES string of the molecule is Cc1ccc(C(=O)N2CCC(C(=O)N3CCCC(C)C3)CC2)cc1C. The van der Waals surface area contributed by atoms with Gasteiger partial charge in [-0.25, -0.2) is 0 Å². The van der Waals surface area contributed by atoms with Crippen molar-refractivity contribution in [1.29, 1.82) is 0 Å². The molecule has 0 radical (unpaired) electrons. The molecule has 0 aliphatic carbocycles. The highest BCUT2D eigenvalue weighted by atomic mass is 16.2. The number of amides is 2. The number of carbonyl (C=O) groups is 2. The van der Waals surface area contributed by atoms with Crippen LogP contribution in [-0.4, -0.2) is 47.8 Å². The number of hydrogen-bond donors (Lipinski definition) is 0. The van der Waals surface area contributed by atoms with Crippen LogP contribution in [0.2, 0.25) is 0 Å². The van der Waals surface area contributed by atoms with E-state index in [1.807, 2.05) is 30.0 Å². The number of likely N-dealkylation sites (tertiary alicyclic amines) is 2. The normalized spacial score (nSPS) is 22.1. The quantitative estimate of drug-likeness (QED) is 0.826. The first-order valence-electron chi connectivity index (χ1n) is 9.61. The molecule has 2 aliphatic rings. The fourth-order valence-corrected chi connectivity index (χ4v) is 4.03. The van der Waals surface area contributed by atoms with Gasteiger partial charge in [-0.15, -0.1) is 0 Å². The Bertz CT molecular complexity index is 647. The van der Waals surface area contributed by atoms with Crippen LogP contribution in [0, 0.1) is 25.7 Å². The largest absolute Gasteiger partial charge is 0.342 e. The Kier molecular flexibility index (Phi) is 5.45. The van der Waals surface area contributed by atoms with Crippen molar-refractivity contribution in [2.24, 2.45) is 11.8 Å². The molecule has 0 aromatic heterocycles. The molecule has 3 rings (SSSR count). The summed E-state index contributed by atoms with van der Waals surface area (Å²) in [5, 5.41) is 0. The third-order valence-corrected chi connectivity index (χ3v) is 5.85. The molecule has 25 heavy (non-hydrogen) atoms. The van der Waals surface area contributed by atoms with E-state index in [9.17, 15) is 9.59 Å². The second-order valence-corrected chi connectivity index (χ2v) is 7.90. The smallest absolute Gasteiger partial charge is 0.253 e. The molecule has 0 spiro atoms. The molecule has 1 atom stereocenters. The van der Waals surface area contributed by atoms with Gasteiger partial charge in [0.05, 0.1) is 0 Å². The van der Waals surface area contributed by atoms with E-state index in [0.717, 1.165) is 43.5 Å². The zero-order valence-electron chi connectivity index (χ0n) is 15.8. The summed E-state index contributed by atoms with van der Waals surface area (Å²) in [6.07, 6.45) is 3.93. The van der Waals surface area contributed by atoms with E-state index < -0.39 is 0 Å². The lowest BCUT2D eigenvalue weighted by molar-refractivity contribution is -0.138. The van der Waals surface area contributed by atoms with Crippen LogP contribution in [0.3, 0.4) is 0 Å². The van der Waals surface area contributed by atoms with Crippen molar-refractivity contribution in [3.05, 3.63) is 34.9 Å². The maximum absolute atomic E-state index is 12.7. The lowest BCUT2D eigenvalue weighted by Crippen LogP contribution is -2.47. The Morgan fingerprint density at radius 3 is 2.32 bits per heavy atom. The van der Waals surface area contributed by atoms with Crippen LogP contribution < -0.4 is 0 Å². The molecular weight excluding hydrogens is 312 g/mol. The molecule has 4 nitrogen and oxygen atoms in total. The lowest BCUT2D eigenvalue weighted by Gasteiger charge is -2.37. The van der Waals surface area contributed by atoms with Gasteiger partial charge >= 0.3 is 0 Å². The Balaban J connectivity index is 1.56. The molecule has 2 fully saturated rings. The van der Waals surface area contributed by atoms with Crippen molar-refractivity contribution in [3.63, 3.8) is 0 Å². The Morgan fingerprint density at radius 1 is 0.960 bits per heavy atom. The molecule has 136 valence electrons. The predicted octanol–water partition coefficient (Wildman–Crippen LogP) is 3.41. The molecule has 2 saturated heterocycles. The first kappa shape index (κ1) is 18.0. The summed E-state index contributed by atoms with van der Waals surface area (Å²) < 4.78 is 0. The van der Waals surface area contributed by atoms with Gasteiger partial charge in [0.25, 0.3) is 5.91 Å². The second-order valence-electron chi connectivity index (χ2n) is 7.90. The summed E-state index contributed by atoms with van der Waals surface area (Å²) in [4.78, 5) is 29.4. The minimum absolute atomic E-state index is 0.0918. The standard InChI is InChI=1S/C21H30N2O2/c1-15-5-4-10-23(14-15)20(24)18-8-11-22(12-9-18)21(25)19-7-6-16(2)17(3)13-19/h6-7,13,15,18H,4-5,8-12,14H2,1-3H3. The summed E-state index contributed by atoms with van der Waals surface area (Å²) in [7, 11) is 0. The summed E-state index contributed by atoms with van der Waals surface area (Å²) in [6, 6.07) is 5.90. The van der Waals surface area contributed by atoms with Crippen LogP contribution in [0.25, 0.3) is 0 Å². The molecule has 1 aromatic rings. The van der Waals surface area contributed by atoms with E-state index in [0.29, 0.717) is 24.9 Å². The summed E-state index contributed by atoms with van der Waals surface area (Å²) in [5.41, 5.74) is 3.12. The minimum atomic E-state index is 0.0918. The third-order valence-electron chi connectivity index (χ3n) is 5.85. The fourth-order valence-electron chi connectivity index (χ4n) is 4.03. The zero-order valence-corrected chi connectivity index (χ0v) is 15.8. The average Bonchev–Trinajstić information content (AvgIpc) is 2.63. The van der Waals surface area contributed by atoms with E-state index in [1.165, 1.54) is 12.0 Å². The Labute approximate surface area is 151 Å². The van der Waals surface area contributed by atoms with Gasteiger partial charge in [0.15, 0.2) is 0 Å². The van der Waals surface area contributed by atoms with Crippen molar-refractivity contribution >= 4 is 11.8 Å². The van der Waals surface area contributed by atoms with E-state index in [-0.39, 0.29) is 11.8 Å². The molecule has 1 unspecified atom stereocenters. The van der Waals surface area contributed by atoms with Crippen LogP contribution in [-0.2, 0) is 4.79 Å². The Morgan fingerprint density at radius 2 is 1.68 bits per heavy atom. The van der Waals surface area contributed by atoms with Crippen molar-refractivity contribution in [2.75, 3.05) is 26.2 Å². The highest BCUT2D eigenvalue weighted by Gasteiger charge is 2.32. The first-order valence-corrected chi connectivity index (χ1v) is 9.61. The van der Waals surface area contributed by atoms with Gasteiger partial charge in [-0.1, -0.05) is 13.0 Å². The number of carbonyl (C=O) groups excluding carboxylic acids is 2. The van der Waals surface area contributed by atoms with Gasteiger partial charge in [0.2, 0.25) is 5.91 Å². The van der Waals surface area contributed by atoms with E-state index >= 15 is 0 Å². The third kappa shape index (κ3) is 4.05.